The summed E-state index contributed by atoms with van der Waals surface area (Å²) in [6, 6.07) is 14.4. The second-order valence-electron chi connectivity index (χ2n) is 6.46. The van der Waals surface area contributed by atoms with E-state index in [0.717, 1.165) is 11.0 Å². The maximum atomic E-state index is 12.9. The van der Waals surface area contributed by atoms with Crippen molar-refractivity contribution in [1.82, 2.24) is 0 Å². The summed E-state index contributed by atoms with van der Waals surface area (Å²) >= 11 is 1.55. The summed E-state index contributed by atoms with van der Waals surface area (Å²) in [7, 11) is 0. The normalized spacial score (nSPS) is 13.8. The number of aliphatic hydroxyl groups is 1. The van der Waals surface area contributed by atoms with Crippen LogP contribution in [0.15, 0.2) is 59.5 Å². The fourth-order valence-electron chi connectivity index (χ4n) is 3.45. The number of hydrogen-bond donors (Lipinski definition) is 3. The van der Waals surface area contributed by atoms with Crippen molar-refractivity contribution in [3.8, 4) is 11.5 Å². The molecule has 0 heterocycles. The highest BCUT2D eigenvalue weighted by molar-refractivity contribution is 7.98. The zero-order valence-electron chi connectivity index (χ0n) is 14.8. The SMILES string of the molecule is CSc1ccc(C(O)c2cc(O)c3c(c2O)C(=O)c2ccccc2C3=O)cc1. The van der Waals surface area contributed by atoms with E-state index in [1.54, 1.807) is 36.0 Å². The number of carbonyl (C=O) groups excluding carboxylic acids is 2. The van der Waals surface area contributed by atoms with E-state index in [-0.39, 0.29) is 27.8 Å². The summed E-state index contributed by atoms with van der Waals surface area (Å²) < 4.78 is 0. The van der Waals surface area contributed by atoms with E-state index in [0.29, 0.717) is 5.56 Å². The Balaban J connectivity index is 1.87. The van der Waals surface area contributed by atoms with Crippen LogP contribution in [-0.4, -0.2) is 33.1 Å². The lowest BCUT2D eigenvalue weighted by Gasteiger charge is -2.22. The van der Waals surface area contributed by atoms with Crippen molar-refractivity contribution in [2.75, 3.05) is 6.26 Å². The van der Waals surface area contributed by atoms with Crippen molar-refractivity contribution in [1.29, 1.82) is 0 Å². The van der Waals surface area contributed by atoms with Crippen LogP contribution in [0.4, 0.5) is 0 Å². The molecule has 0 aliphatic heterocycles. The van der Waals surface area contributed by atoms with E-state index in [1.165, 1.54) is 12.1 Å². The quantitative estimate of drug-likeness (QED) is 0.364. The van der Waals surface area contributed by atoms with Crippen molar-refractivity contribution in [2.24, 2.45) is 0 Å². The smallest absolute Gasteiger partial charge is 0.198 e. The molecule has 3 aromatic rings. The van der Waals surface area contributed by atoms with Gasteiger partial charge >= 0.3 is 0 Å². The van der Waals surface area contributed by atoms with E-state index in [1.807, 2.05) is 18.4 Å². The molecule has 0 saturated carbocycles. The van der Waals surface area contributed by atoms with Crippen molar-refractivity contribution in [3.63, 3.8) is 0 Å². The summed E-state index contributed by atoms with van der Waals surface area (Å²) in [5.41, 5.74) is 0.269. The van der Waals surface area contributed by atoms with Crippen molar-refractivity contribution in [3.05, 3.63) is 88.0 Å². The summed E-state index contributed by atoms with van der Waals surface area (Å²) in [5.74, 6) is -2.05. The Kier molecular flexibility index (Phi) is 4.45. The van der Waals surface area contributed by atoms with Gasteiger partial charge in [0.25, 0.3) is 0 Å². The molecule has 0 aromatic heterocycles. The van der Waals surface area contributed by atoms with Crippen LogP contribution in [0, 0.1) is 0 Å². The van der Waals surface area contributed by atoms with Crippen molar-refractivity contribution < 1.29 is 24.9 Å². The van der Waals surface area contributed by atoms with E-state index < -0.39 is 29.2 Å². The molecule has 1 aliphatic carbocycles. The van der Waals surface area contributed by atoms with E-state index >= 15 is 0 Å². The number of rotatable bonds is 3. The van der Waals surface area contributed by atoms with Gasteiger partial charge in [0.2, 0.25) is 0 Å². The van der Waals surface area contributed by atoms with Crippen molar-refractivity contribution in [2.45, 2.75) is 11.0 Å². The molecule has 0 saturated heterocycles. The molecular formula is C22H16O5S. The highest BCUT2D eigenvalue weighted by Crippen LogP contribution is 2.43. The standard InChI is InChI=1S/C22H16O5S/c1-28-12-8-6-11(7-9-12)19(24)15-10-16(23)17-18(22(15)27)21(26)14-5-3-2-4-13(14)20(17)25/h2-10,19,23-24,27H,1H3. The van der Waals surface area contributed by atoms with Crippen LogP contribution < -0.4 is 0 Å². The van der Waals surface area contributed by atoms with Gasteiger partial charge in [-0.25, -0.2) is 0 Å². The first-order chi connectivity index (χ1) is 13.4. The predicted molar refractivity (Wildman–Crippen MR) is 105 cm³/mol. The van der Waals surface area contributed by atoms with Gasteiger partial charge in [0.1, 0.15) is 17.6 Å². The van der Waals surface area contributed by atoms with Crippen LogP contribution in [0.2, 0.25) is 0 Å². The number of hydrogen-bond acceptors (Lipinski definition) is 6. The topological polar surface area (TPSA) is 94.8 Å². The number of phenols is 2. The van der Waals surface area contributed by atoms with Crippen LogP contribution in [0.3, 0.4) is 0 Å². The molecule has 140 valence electrons. The Morgan fingerprint density at radius 2 is 1.43 bits per heavy atom. The molecule has 0 spiro atoms. The molecule has 6 heteroatoms. The first-order valence-electron chi connectivity index (χ1n) is 8.53. The number of aromatic hydroxyl groups is 2. The minimum atomic E-state index is -1.27. The molecule has 0 fully saturated rings. The van der Waals surface area contributed by atoms with Gasteiger partial charge in [0.15, 0.2) is 11.6 Å². The summed E-state index contributed by atoms with van der Waals surface area (Å²) in [4.78, 5) is 26.7. The second-order valence-corrected chi connectivity index (χ2v) is 7.34. The van der Waals surface area contributed by atoms with Gasteiger partial charge in [0.05, 0.1) is 11.1 Å². The average Bonchev–Trinajstić information content (AvgIpc) is 2.73. The Bertz CT molecular complexity index is 1120. The molecule has 0 amide bonds. The van der Waals surface area contributed by atoms with E-state index in [2.05, 4.69) is 0 Å². The third kappa shape index (κ3) is 2.69. The monoisotopic (exact) mass is 392 g/mol. The molecular weight excluding hydrogens is 376 g/mol. The largest absolute Gasteiger partial charge is 0.507 e. The van der Waals surface area contributed by atoms with Crippen LogP contribution in [0.5, 0.6) is 11.5 Å². The second kappa shape index (κ2) is 6.82. The number of fused-ring (bicyclic) bond motifs is 2. The minimum absolute atomic E-state index is 0.0336. The number of carbonyl (C=O) groups is 2. The number of aliphatic hydroxyl groups excluding tert-OH is 1. The van der Waals surface area contributed by atoms with Gasteiger partial charge in [-0.15, -0.1) is 11.8 Å². The molecule has 28 heavy (non-hydrogen) atoms. The Morgan fingerprint density at radius 3 is 2.00 bits per heavy atom. The highest BCUT2D eigenvalue weighted by atomic mass is 32.2. The molecule has 5 nitrogen and oxygen atoms in total. The molecule has 0 bridgehead atoms. The maximum absolute atomic E-state index is 12.9. The average molecular weight is 392 g/mol. The Hall–Kier alpha value is -3.09. The van der Waals surface area contributed by atoms with Gasteiger partial charge in [-0.3, -0.25) is 9.59 Å². The van der Waals surface area contributed by atoms with Crippen molar-refractivity contribution >= 4 is 23.3 Å². The lowest BCUT2D eigenvalue weighted by Crippen LogP contribution is -2.22. The van der Waals surface area contributed by atoms with Gasteiger partial charge in [0, 0.05) is 21.6 Å². The lowest BCUT2D eigenvalue weighted by molar-refractivity contribution is 0.0973. The maximum Gasteiger partial charge on any atom is 0.198 e. The van der Waals surface area contributed by atoms with Crippen LogP contribution in [0.25, 0.3) is 0 Å². The van der Waals surface area contributed by atoms with Crippen LogP contribution in [0.1, 0.15) is 49.1 Å². The van der Waals surface area contributed by atoms with Crippen LogP contribution in [-0.2, 0) is 0 Å². The predicted octanol–water partition coefficient (Wildman–Crippen LogP) is 3.68. The van der Waals surface area contributed by atoms with Gasteiger partial charge in [-0.1, -0.05) is 36.4 Å². The Morgan fingerprint density at radius 1 is 0.857 bits per heavy atom. The summed E-state index contributed by atoms with van der Waals surface area (Å²) in [5, 5.41) is 31.9. The summed E-state index contributed by atoms with van der Waals surface area (Å²) in [6.45, 7) is 0. The zero-order valence-corrected chi connectivity index (χ0v) is 15.7. The van der Waals surface area contributed by atoms with Crippen LogP contribution >= 0.6 is 11.8 Å². The number of benzene rings is 3. The van der Waals surface area contributed by atoms with Gasteiger partial charge in [-0.05, 0) is 30.0 Å². The molecule has 4 rings (SSSR count). The number of ketones is 2. The molecule has 3 aromatic carbocycles. The van der Waals surface area contributed by atoms with Gasteiger partial charge < -0.3 is 15.3 Å². The summed E-state index contributed by atoms with van der Waals surface area (Å²) in [6.07, 6.45) is 0.659. The molecule has 1 aliphatic rings. The molecule has 3 N–H and O–H groups in total. The van der Waals surface area contributed by atoms with E-state index in [4.69, 9.17) is 0 Å². The van der Waals surface area contributed by atoms with E-state index in [9.17, 15) is 24.9 Å². The molecule has 0 radical (unpaired) electrons. The molecule has 1 unspecified atom stereocenters. The zero-order chi connectivity index (χ0) is 20.0. The molecule has 1 atom stereocenters. The number of thioether (sulfide) groups is 1. The third-order valence-electron chi connectivity index (χ3n) is 4.91. The fourth-order valence-corrected chi connectivity index (χ4v) is 3.86. The fraction of sp³-hybridized carbons (Fsp3) is 0.0909. The highest BCUT2D eigenvalue weighted by Gasteiger charge is 2.36. The third-order valence-corrected chi connectivity index (χ3v) is 5.65. The first kappa shape index (κ1) is 18.3. The Labute approximate surface area is 165 Å². The number of phenolic OH excluding ortho intramolecular Hbond substituents is 2. The van der Waals surface area contributed by atoms with Gasteiger partial charge in [-0.2, -0.15) is 0 Å². The lowest BCUT2D eigenvalue weighted by atomic mass is 9.81. The first-order valence-corrected chi connectivity index (χ1v) is 9.75. The minimum Gasteiger partial charge on any atom is -0.507 e.